The fourth-order valence-electron chi connectivity index (χ4n) is 1.91. The van der Waals surface area contributed by atoms with Gasteiger partial charge in [-0.2, -0.15) is 13.2 Å². The molecular formula is C15H10F6O. The summed E-state index contributed by atoms with van der Waals surface area (Å²) in [6, 6.07) is 4.86. The summed E-state index contributed by atoms with van der Waals surface area (Å²) in [6.07, 6.45) is -4.61. The maximum Gasteiger partial charge on any atom is 0.422 e. The second-order valence-corrected chi connectivity index (χ2v) is 4.65. The van der Waals surface area contributed by atoms with Crippen molar-refractivity contribution in [3.8, 4) is 16.9 Å². The SMILES string of the molecule is Cc1cc(F)c(-c2ccc(OCC(F)(F)F)c(F)c2)c(F)c1. The van der Waals surface area contributed by atoms with E-state index in [4.69, 9.17) is 0 Å². The lowest BCUT2D eigenvalue weighted by molar-refractivity contribution is -0.153. The molecule has 0 spiro atoms. The second kappa shape index (κ2) is 5.90. The summed E-state index contributed by atoms with van der Waals surface area (Å²) in [4.78, 5) is 0. The van der Waals surface area contributed by atoms with Crippen LogP contribution in [0.2, 0.25) is 0 Å². The Bertz CT molecular complexity index is 670. The molecule has 118 valence electrons. The molecule has 22 heavy (non-hydrogen) atoms. The Balaban J connectivity index is 2.34. The van der Waals surface area contributed by atoms with Gasteiger partial charge < -0.3 is 4.74 Å². The average molecular weight is 320 g/mol. The van der Waals surface area contributed by atoms with E-state index in [9.17, 15) is 26.3 Å². The summed E-state index contributed by atoms with van der Waals surface area (Å²) in [5, 5.41) is 0. The zero-order chi connectivity index (χ0) is 16.5. The van der Waals surface area contributed by atoms with Crippen molar-refractivity contribution >= 4 is 0 Å². The van der Waals surface area contributed by atoms with Crippen LogP contribution in [0.3, 0.4) is 0 Å². The zero-order valence-corrected chi connectivity index (χ0v) is 11.3. The molecule has 0 unspecified atom stereocenters. The molecule has 0 aliphatic rings. The quantitative estimate of drug-likeness (QED) is 0.722. The Hall–Kier alpha value is -2.18. The van der Waals surface area contributed by atoms with Crippen LogP contribution >= 0.6 is 0 Å². The first-order valence-electron chi connectivity index (χ1n) is 6.12. The molecule has 0 saturated carbocycles. The van der Waals surface area contributed by atoms with Crippen molar-refractivity contribution in [1.82, 2.24) is 0 Å². The van der Waals surface area contributed by atoms with Gasteiger partial charge in [0.1, 0.15) is 11.6 Å². The molecule has 0 saturated heterocycles. The lowest BCUT2D eigenvalue weighted by Crippen LogP contribution is -2.19. The molecule has 2 rings (SSSR count). The fraction of sp³-hybridized carbons (Fsp3) is 0.200. The minimum absolute atomic E-state index is 0.133. The summed E-state index contributed by atoms with van der Waals surface area (Å²) in [7, 11) is 0. The van der Waals surface area contributed by atoms with Gasteiger partial charge in [0.15, 0.2) is 18.2 Å². The van der Waals surface area contributed by atoms with Gasteiger partial charge in [-0.1, -0.05) is 6.07 Å². The van der Waals surface area contributed by atoms with Crippen molar-refractivity contribution in [2.75, 3.05) is 6.61 Å². The van der Waals surface area contributed by atoms with E-state index < -0.39 is 41.5 Å². The van der Waals surface area contributed by atoms with Crippen LogP contribution in [0.4, 0.5) is 26.3 Å². The van der Waals surface area contributed by atoms with Crippen LogP contribution in [-0.2, 0) is 0 Å². The third kappa shape index (κ3) is 3.72. The van der Waals surface area contributed by atoms with Crippen molar-refractivity contribution in [3.63, 3.8) is 0 Å². The number of rotatable bonds is 3. The van der Waals surface area contributed by atoms with Crippen molar-refractivity contribution in [2.45, 2.75) is 13.1 Å². The van der Waals surface area contributed by atoms with Crippen LogP contribution in [0.15, 0.2) is 30.3 Å². The van der Waals surface area contributed by atoms with Crippen molar-refractivity contribution in [1.29, 1.82) is 0 Å². The second-order valence-electron chi connectivity index (χ2n) is 4.65. The summed E-state index contributed by atoms with van der Waals surface area (Å²) >= 11 is 0. The zero-order valence-electron chi connectivity index (χ0n) is 11.3. The maximum absolute atomic E-state index is 13.8. The van der Waals surface area contributed by atoms with Gasteiger partial charge in [0, 0.05) is 0 Å². The Morgan fingerprint density at radius 2 is 1.50 bits per heavy atom. The lowest BCUT2D eigenvalue weighted by Gasteiger charge is -2.11. The number of ether oxygens (including phenoxy) is 1. The van der Waals surface area contributed by atoms with Crippen molar-refractivity contribution in [2.24, 2.45) is 0 Å². The number of alkyl halides is 3. The fourth-order valence-corrected chi connectivity index (χ4v) is 1.91. The minimum atomic E-state index is -4.61. The van der Waals surface area contributed by atoms with Crippen LogP contribution in [0.25, 0.3) is 11.1 Å². The molecule has 0 aromatic heterocycles. The van der Waals surface area contributed by atoms with Crippen LogP contribution < -0.4 is 4.74 Å². The van der Waals surface area contributed by atoms with Crippen LogP contribution in [0.5, 0.6) is 5.75 Å². The molecule has 0 heterocycles. The normalized spacial score (nSPS) is 11.6. The number of benzene rings is 2. The predicted octanol–water partition coefficient (Wildman–Crippen LogP) is 5.02. The van der Waals surface area contributed by atoms with E-state index in [1.54, 1.807) is 0 Å². The van der Waals surface area contributed by atoms with Gasteiger partial charge in [-0.3, -0.25) is 0 Å². The number of aryl methyl sites for hydroxylation is 1. The average Bonchev–Trinajstić information content (AvgIpc) is 2.35. The standard InChI is InChI=1S/C15H10F6O/c1-8-4-11(17)14(12(18)5-8)9-2-3-13(10(16)6-9)22-7-15(19,20)21/h2-6H,7H2,1H3. The van der Waals surface area contributed by atoms with E-state index in [1.165, 1.54) is 6.92 Å². The molecule has 0 fully saturated rings. The number of hydrogen-bond donors (Lipinski definition) is 0. The third-order valence-electron chi connectivity index (χ3n) is 2.80. The molecular weight excluding hydrogens is 310 g/mol. The first-order chi connectivity index (χ1) is 10.2. The van der Waals surface area contributed by atoms with Gasteiger partial charge in [0.05, 0.1) is 5.56 Å². The van der Waals surface area contributed by atoms with Crippen LogP contribution in [-0.4, -0.2) is 12.8 Å². The highest BCUT2D eigenvalue weighted by atomic mass is 19.4. The van der Waals surface area contributed by atoms with Gasteiger partial charge in [-0.25, -0.2) is 13.2 Å². The monoisotopic (exact) mass is 320 g/mol. The summed E-state index contributed by atoms with van der Waals surface area (Å²) in [6.45, 7) is -0.166. The molecule has 2 aromatic rings. The highest BCUT2D eigenvalue weighted by Gasteiger charge is 2.29. The van der Waals surface area contributed by atoms with Gasteiger partial charge in [-0.05, 0) is 42.3 Å². The maximum atomic E-state index is 13.8. The lowest BCUT2D eigenvalue weighted by atomic mass is 10.0. The molecule has 0 bridgehead atoms. The minimum Gasteiger partial charge on any atom is -0.481 e. The van der Waals surface area contributed by atoms with Crippen molar-refractivity contribution in [3.05, 3.63) is 53.3 Å². The van der Waals surface area contributed by atoms with E-state index in [-0.39, 0.29) is 5.56 Å². The summed E-state index contributed by atoms with van der Waals surface area (Å²) in [5.41, 5.74) is -0.233. The first kappa shape index (κ1) is 16.2. The smallest absolute Gasteiger partial charge is 0.422 e. The van der Waals surface area contributed by atoms with E-state index in [0.717, 1.165) is 30.3 Å². The number of hydrogen-bond acceptors (Lipinski definition) is 1. The summed E-state index contributed by atoms with van der Waals surface area (Å²) < 4.78 is 81.6. The van der Waals surface area contributed by atoms with E-state index in [1.807, 2.05) is 0 Å². The molecule has 7 heteroatoms. The molecule has 0 amide bonds. The molecule has 0 N–H and O–H groups in total. The van der Waals surface area contributed by atoms with Gasteiger partial charge in [0.2, 0.25) is 0 Å². The molecule has 0 atom stereocenters. The summed E-state index contributed by atoms with van der Waals surface area (Å²) in [5.74, 6) is -3.56. The topological polar surface area (TPSA) is 9.23 Å². The molecule has 0 aliphatic heterocycles. The van der Waals surface area contributed by atoms with Gasteiger partial charge in [-0.15, -0.1) is 0 Å². The molecule has 2 aromatic carbocycles. The first-order valence-corrected chi connectivity index (χ1v) is 6.12. The van der Waals surface area contributed by atoms with E-state index in [2.05, 4.69) is 4.74 Å². The van der Waals surface area contributed by atoms with Gasteiger partial charge in [0.25, 0.3) is 0 Å². The molecule has 1 nitrogen and oxygen atoms in total. The number of halogens is 6. The highest BCUT2D eigenvalue weighted by Crippen LogP contribution is 2.31. The Morgan fingerprint density at radius 1 is 0.909 bits per heavy atom. The van der Waals surface area contributed by atoms with Crippen molar-refractivity contribution < 1.29 is 31.1 Å². The third-order valence-corrected chi connectivity index (χ3v) is 2.80. The largest absolute Gasteiger partial charge is 0.481 e. The Labute approximate surface area is 122 Å². The van der Waals surface area contributed by atoms with E-state index >= 15 is 0 Å². The van der Waals surface area contributed by atoms with Gasteiger partial charge >= 0.3 is 6.18 Å². The predicted molar refractivity (Wildman–Crippen MR) is 68.0 cm³/mol. The molecule has 0 aliphatic carbocycles. The Morgan fingerprint density at radius 3 is 2.00 bits per heavy atom. The highest BCUT2D eigenvalue weighted by molar-refractivity contribution is 5.66. The van der Waals surface area contributed by atoms with Crippen LogP contribution in [0, 0.1) is 24.4 Å². The molecule has 0 radical (unpaired) electrons. The van der Waals surface area contributed by atoms with E-state index in [0.29, 0.717) is 5.56 Å². The van der Waals surface area contributed by atoms with Crippen LogP contribution in [0.1, 0.15) is 5.56 Å². The Kier molecular flexibility index (Phi) is 4.35.